The van der Waals surface area contributed by atoms with Gasteiger partial charge in [-0.05, 0) is 30.2 Å². The van der Waals surface area contributed by atoms with Crippen LogP contribution in [0.2, 0.25) is 10.0 Å². The maximum Gasteiger partial charge on any atom is 0.152 e. The number of benzene rings is 2. The molecule has 0 atom stereocenters. The molecule has 21 heavy (non-hydrogen) atoms. The summed E-state index contributed by atoms with van der Waals surface area (Å²) in [6.45, 7) is 2.09. The number of hydrogen-bond donors (Lipinski definition) is 1. The first-order valence-electron chi connectivity index (χ1n) is 6.70. The van der Waals surface area contributed by atoms with Crippen molar-refractivity contribution in [2.45, 2.75) is 13.3 Å². The first-order chi connectivity index (χ1) is 10.2. The van der Waals surface area contributed by atoms with E-state index in [-0.39, 0.29) is 0 Å². The summed E-state index contributed by atoms with van der Waals surface area (Å²) in [5, 5.41) is 2.02. The van der Waals surface area contributed by atoms with Crippen LogP contribution in [0.4, 0.5) is 0 Å². The van der Waals surface area contributed by atoms with Crippen molar-refractivity contribution in [3.63, 3.8) is 0 Å². The van der Waals surface area contributed by atoms with Crippen molar-refractivity contribution in [1.29, 1.82) is 0 Å². The molecule has 106 valence electrons. The first kappa shape index (κ1) is 14.2. The summed E-state index contributed by atoms with van der Waals surface area (Å²) >= 11 is 12.2. The van der Waals surface area contributed by atoms with Crippen LogP contribution in [0.15, 0.2) is 36.4 Å². The number of aryl methyl sites for hydroxylation is 1. The number of aromatic nitrogens is 1. The van der Waals surface area contributed by atoms with Gasteiger partial charge in [-0.3, -0.25) is 4.79 Å². The highest BCUT2D eigenvalue weighted by Crippen LogP contribution is 2.35. The van der Waals surface area contributed by atoms with Gasteiger partial charge in [0, 0.05) is 27.1 Å². The molecular formula is C17H13Cl2NO. The third-order valence-electron chi connectivity index (χ3n) is 3.66. The Kier molecular flexibility index (Phi) is 3.75. The van der Waals surface area contributed by atoms with E-state index in [2.05, 4.69) is 18.0 Å². The number of aldehydes is 1. The number of fused-ring (bicyclic) bond motifs is 1. The maximum atomic E-state index is 11.6. The van der Waals surface area contributed by atoms with Gasteiger partial charge in [-0.15, -0.1) is 0 Å². The summed E-state index contributed by atoms with van der Waals surface area (Å²) in [6, 6.07) is 11.2. The molecule has 0 aliphatic rings. The van der Waals surface area contributed by atoms with Crippen molar-refractivity contribution in [2.24, 2.45) is 0 Å². The Bertz CT molecular complexity index is 836. The molecule has 1 heterocycles. The lowest BCUT2D eigenvalue weighted by Crippen LogP contribution is -1.85. The van der Waals surface area contributed by atoms with E-state index >= 15 is 0 Å². The topological polar surface area (TPSA) is 32.9 Å². The summed E-state index contributed by atoms with van der Waals surface area (Å²) in [5.41, 5.74) is 4.31. The second-order valence-corrected chi connectivity index (χ2v) is 5.69. The second-order valence-electron chi connectivity index (χ2n) is 4.85. The lowest BCUT2D eigenvalue weighted by molar-refractivity contribution is 0.112. The van der Waals surface area contributed by atoms with Crippen molar-refractivity contribution in [2.75, 3.05) is 0 Å². The highest BCUT2D eigenvalue weighted by atomic mass is 35.5. The standard InChI is InChI=1S/C17H13Cl2NO/c1-2-10-4-3-5-12-14(9-21)17(20-16(10)12)13-7-6-11(18)8-15(13)19/h3-9,20H,2H2,1H3. The molecule has 0 spiro atoms. The van der Waals surface area contributed by atoms with Gasteiger partial charge in [0.1, 0.15) is 0 Å². The van der Waals surface area contributed by atoms with E-state index in [4.69, 9.17) is 23.2 Å². The fourth-order valence-electron chi connectivity index (χ4n) is 2.62. The molecular weight excluding hydrogens is 305 g/mol. The van der Waals surface area contributed by atoms with Crippen LogP contribution in [0.25, 0.3) is 22.2 Å². The van der Waals surface area contributed by atoms with E-state index in [9.17, 15) is 4.79 Å². The van der Waals surface area contributed by atoms with Crippen LogP contribution >= 0.6 is 23.2 Å². The van der Waals surface area contributed by atoms with Gasteiger partial charge in [0.05, 0.1) is 10.7 Å². The molecule has 0 radical (unpaired) electrons. The Morgan fingerprint density at radius 2 is 2.00 bits per heavy atom. The Morgan fingerprint density at radius 1 is 1.19 bits per heavy atom. The lowest BCUT2D eigenvalue weighted by Gasteiger charge is -2.03. The highest BCUT2D eigenvalue weighted by molar-refractivity contribution is 6.36. The molecule has 3 aromatic rings. The van der Waals surface area contributed by atoms with Gasteiger partial charge in [0.25, 0.3) is 0 Å². The molecule has 1 N–H and O–H groups in total. The average molecular weight is 318 g/mol. The van der Waals surface area contributed by atoms with E-state index in [1.54, 1.807) is 12.1 Å². The van der Waals surface area contributed by atoms with Crippen LogP contribution in [0, 0.1) is 0 Å². The number of carbonyl (C=O) groups is 1. The lowest BCUT2D eigenvalue weighted by atomic mass is 10.0. The zero-order chi connectivity index (χ0) is 15.0. The zero-order valence-electron chi connectivity index (χ0n) is 11.4. The minimum Gasteiger partial charge on any atom is -0.354 e. The van der Waals surface area contributed by atoms with Crippen LogP contribution in [-0.2, 0) is 6.42 Å². The van der Waals surface area contributed by atoms with Crippen molar-refractivity contribution in [1.82, 2.24) is 4.98 Å². The van der Waals surface area contributed by atoms with Crippen molar-refractivity contribution in [3.05, 3.63) is 57.6 Å². The van der Waals surface area contributed by atoms with E-state index in [0.717, 1.165) is 34.9 Å². The molecule has 0 aliphatic carbocycles. The molecule has 0 amide bonds. The minimum atomic E-state index is 0.523. The predicted molar refractivity (Wildman–Crippen MR) is 88.5 cm³/mol. The molecule has 2 aromatic carbocycles. The molecule has 0 fully saturated rings. The number of aromatic amines is 1. The van der Waals surface area contributed by atoms with Gasteiger partial charge < -0.3 is 4.98 Å². The largest absolute Gasteiger partial charge is 0.354 e. The molecule has 0 aliphatic heterocycles. The van der Waals surface area contributed by atoms with E-state index < -0.39 is 0 Å². The van der Waals surface area contributed by atoms with Crippen molar-refractivity contribution in [3.8, 4) is 11.3 Å². The number of nitrogens with one attached hydrogen (secondary N) is 1. The summed E-state index contributed by atoms with van der Waals surface area (Å²) in [7, 11) is 0. The second kappa shape index (κ2) is 5.55. The average Bonchev–Trinajstić information content (AvgIpc) is 2.85. The van der Waals surface area contributed by atoms with E-state index in [1.807, 2.05) is 18.2 Å². The molecule has 0 saturated heterocycles. The molecule has 3 rings (SSSR count). The van der Waals surface area contributed by atoms with Gasteiger partial charge in [0.2, 0.25) is 0 Å². The summed E-state index contributed by atoms with van der Waals surface area (Å²) in [5.74, 6) is 0. The molecule has 0 unspecified atom stereocenters. The molecule has 2 nitrogen and oxygen atoms in total. The predicted octanol–water partition coefficient (Wildman–Crippen LogP) is 5.52. The fourth-order valence-corrected chi connectivity index (χ4v) is 3.12. The van der Waals surface area contributed by atoms with Crippen LogP contribution in [-0.4, -0.2) is 11.3 Å². The number of hydrogen-bond acceptors (Lipinski definition) is 1. The Morgan fingerprint density at radius 3 is 2.67 bits per heavy atom. The van der Waals surface area contributed by atoms with Gasteiger partial charge in [0.15, 0.2) is 6.29 Å². The fraction of sp³-hybridized carbons (Fsp3) is 0.118. The third kappa shape index (κ3) is 2.35. The molecule has 0 bridgehead atoms. The van der Waals surface area contributed by atoms with Crippen molar-refractivity contribution < 1.29 is 4.79 Å². The van der Waals surface area contributed by atoms with E-state index in [1.165, 1.54) is 5.56 Å². The number of halogens is 2. The normalized spacial score (nSPS) is 11.0. The Hall–Kier alpha value is -1.77. The Balaban J connectivity index is 2.34. The van der Waals surface area contributed by atoms with Crippen LogP contribution in [0.3, 0.4) is 0 Å². The SMILES string of the molecule is CCc1cccc2c(C=O)c(-c3ccc(Cl)cc3Cl)[nH]c12. The first-order valence-corrected chi connectivity index (χ1v) is 7.45. The molecule has 1 aromatic heterocycles. The highest BCUT2D eigenvalue weighted by Gasteiger charge is 2.16. The van der Waals surface area contributed by atoms with Crippen LogP contribution in [0.1, 0.15) is 22.8 Å². The van der Waals surface area contributed by atoms with Gasteiger partial charge in [-0.2, -0.15) is 0 Å². The van der Waals surface area contributed by atoms with E-state index in [0.29, 0.717) is 15.6 Å². The number of carbonyl (C=O) groups excluding carboxylic acids is 1. The summed E-state index contributed by atoms with van der Waals surface area (Å²) < 4.78 is 0. The van der Waals surface area contributed by atoms with Gasteiger partial charge in [-0.25, -0.2) is 0 Å². The summed E-state index contributed by atoms with van der Waals surface area (Å²) in [6.07, 6.45) is 1.77. The molecule has 0 saturated carbocycles. The minimum absolute atomic E-state index is 0.523. The van der Waals surface area contributed by atoms with Gasteiger partial charge >= 0.3 is 0 Å². The quantitative estimate of drug-likeness (QED) is 0.634. The number of rotatable bonds is 3. The summed E-state index contributed by atoms with van der Waals surface area (Å²) in [4.78, 5) is 14.9. The number of para-hydroxylation sites is 1. The van der Waals surface area contributed by atoms with Crippen LogP contribution in [0.5, 0.6) is 0 Å². The van der Waals surface area contributed by atoms with Gasteiger partial charge in [-0.1, -0.05) is 48.3 Å². The maximum absolute atomic E-state index is 11.6. The Labute approximate surface area is 132 Å². The zero-order valence-corrected chi connectivity index (χ0v) is 12.9. The number of H-pyrrole nitrogens is 1. The third-order valence-corrected chi connectivity index (χ3v) is 4.21. The van der Waals surface area contributed by atoms with Crippen LogP contribution < -0.4 is 0 Å². The molecule has 4 heteroatoms. The monoisotopic (exact) mass is 317 g/mol. The van der Waals surface area contributed by atoms with Crippen molar-refractivity contribution >= 4 is 40.4 Å². The smallest absolute Gasteiger partial charge is 0.152 e.